The van der Waals surface area contributed by atoms with Crippen molar-refractivity contribution in [3.8, 4) is 17.3 Å². The fraction of sp³-hybridized carbons (Fsp3) is 0.176. The number of nitrogen functional groups attached to an aromatic ring is 1. The van der Waals surface area contributed by atoms with Gasteiger partial charge in [-0.3, -0.25) is 4.79 Å². The van der Waals surface area contributed by atoms with Gasteiger partial charge in [0.1, 0.15) is 6.33 Å². The number of anilines is 1. The number of amides is 1. The summed E-state index contributed by atoms with van der Waals surface area (Å²) in [6.45, 7) is 0.170. The lowest BCUT2D eigenvalue weighted by atomic mass is 10.2. The van der Waals surface area contributed by atoms with E-state index in [0.717, 1.165) is 0 Å². The summed E-state index contributed by atoms with van der Waals surface area (Å²) in [5.74, 6) is 1.04. The Balaban J connectivity index is 1.37. The third-order valence-corrected chi connectivity index (χ3v) is 5.50. The largest absolute Gasteiger partial charge is 0.454 e. The molecular formula is C17H15N11O4S. The van der Waals surface area contributed by atoms with Gasteiger partial charge in [-0.1, -0.05) is 17.0 Å². The van der Waals surface area contributed by atoms with Gasteiger partial charge in [-0.15, -0.1) is 15.3 Å². The molecule has 33 heavy (non-hydrogen) atoms. The summed E-state index contributed by atoms with van der Waals surface area (Å²) < 4.78 is 18.3. The van der Waals surface area contributed by atoms with E-state index in [1.165, 1.54) is 22.7 Å². The van der Waals surface area contributed by atoms with Crippen molar-refractivity contribution in [2.75, 3.05) is 12.5 Å². The fourth-order valence-corrected chi connectivity index (χ4v) is 3.74. The molecule has 1 aliphatic heterocycles. The maximum absolute atomic E-state index is 12.8. The Morgan fingerprint density at radius 1 is 1.30 bits per heavy atom. The lowest BCUT2D eigenvalue weighted by molar-refractivity contribution is 0.0949. The lowest BCUT2D eigenvalue weighted by Crippen LogP contribution is -2.20. The van der Waals surface area contributed by atoms with Gasteiger partial charge in [-0.05, 0) is 34.1 Å². The van der Waals surface area contributed by atoms with Crippen molar-refractivity contribution in [1.29, 1.82) is 0 Å². The maximum atomic E-state index is 12.8. The molecule has 0 spiro atoms. The van der Waals surface area contributed by atoms with E-state index in [4.69, 9.17) is 15.2 Å². The number of nitrogens with two attached hydrogens (primary N) is 1. The topological polar surface area (TPSA) is 186 Å². The predicted molar refractivity (Wildman–Crippen MR) is 112 cm³/mol. The molecule has 0 unspecified atom stereocenters. The number of carbonyl (C=O) groups excluding carboxylic acids is 1. The molecule has 5 rings (SSSR count). The molecule has 0 atom stereocenters. The van der Waals surface area contributed by atoms with E-state index < -0.39 is 5.91 Å². The zero-order valence-corrected chi connectivity index (χ0v) is 17.8. The average molecular weight is 469 g/mol. The molecule has 4 heterocycles. The summed E-state index contributed by atoms with van der Waals surface area (Å²) in [4.78, 5) is 12.8. The van der Waals surface area contributed by atoms with E-state index in [1.807, 2.05) is 0 Å². The monoisotopic (exact) mass is 469 g/mol. The summed E-state index contributed by atoms with van der Waals surface area (Å²) in [5, 5.41) is 27.7. The smallest absolute Gasteiger partial charge is 0.293 e. The zero-order valence-electron chi connectivity index (χ0n) is 16.9. The van der Waals surface area contributed by atoms with Crippen LogP contribution in [0.4, 0.5) is 5.82 Å². The molecule has 3 N–H and O–H groups in total. The molecule has 16 heteroatoms. The van der Waals surface area contributed by atoms with Crippen LogP contribution in [0.15, 0.2) is 39.4 Å². The predicted octanol–water partition coefficient (Wildman–Crippen LogP) is 0.146. The van der Waals surface area contributed by atoms with Crippen LogP contribution in [0.25, 0.3) is 5.82 Å². The number of thioether (sulfide) groups is 1. The first-order chi connectivity index (χ1) is 16.1. The van der Waals surface area contributed by atoms with Gasteiger partial charge in [0, 0.05) is 12.8 Å². The van der Waals surface area contributed by atoms with Crippen LogP contribution in [0, 0.1) is 0 Å². The minimum absolute atomic E-state index is 0.00223. The highest BCUT2D eigenvalue weighted by atomic mass is 32.2. The standard InChI is InChI=1S/C17H15N11O4S/c1-27-7-20-23-17(27)33-6-10-13(21-26-28(10)15-14(18)24-32-25-15)16(29)22-19-5-9-2-3-11-12(4-9)31-8-30-11/h2-5,7H,6,8H2,1H3,(H2,18,24)(H,22,29)/b19-5+. The van der Waals surface area contributed by atoms with Crippen LogP contribution in [0.3, 0.4) is 0 Å². The van der Waals surface area contributed by atoms with Gasteiger partial charge in [0.25, 0.3) is 5.91 Å². The first-order valence-corrected chi connectivity index (χ1v) is 10.3. The third-order valence-electron chi connectivity index (χ3n) is 4.46. The van der Waals surface area contributed by atoms with Crippen molar-refractivity contribution in [2.45, 2.75) is 10.9 Å². The fourth-order valence-electron chi connectivity index (χ4n) is 2.86. The maximum Gasteiger partial charge on any atom is 0.293 e. The summed E-state index contributed by atoms with van der Waals surface area (Å²) >= 11 is 1.32. The summed E-state index contributed by atoms with van der Waals surface area (Å²) in [6.07, 6.45) is 3.04. The van der Waals surface area contributed by atoms with Crippen molar-refractivity contribution < 1.29 is 18.9 Å². The number of nitrogens with zero attached hydrogens (tertiary/aromatic N) is 9. The van der Waals surface area contributed by atoms with E-state index in [-0.39, 0.29) is 29.9 Å². The summed E-state index contributed by atoms with van der Waals surface area (Å²) in [7, 11) is 1.80. The number of hydrogen-bond donors (Lipinski definition) is 2. The van der Waals surface area contributed by atoms with E-state index in [0.29, 0.717) is 27.9 Å². The highest BCUT2D eigenvalue weighted by molar-refractivity contribution is 7.98. The first kappa shape index (κ1) is 20.4. The molecular weight excluding hydrogens is 454 g/mol. The SMILES string of the molecule is Cn1cnnc1SCc1c(C(=O)N/N=C/c2ccc3c(c2)OCO3)nnn1-c1nonc1N. The molecule has 1 aromatic carbocycles. The molecule has 0 saturated carbocycles. The molecule has 0 aliphatic carbocycles. The Kier molecular flexibility index (Phi) is 5.31. The second-order valence-corrected chi connectivity index (χ2v) is 7.54. The highest BCUT2D eigenvalue weighted by Crippen LogP contribution is 2.32. The van der Waals surface area contributed by atoms with Crippen LogP contribution in [0.2, 0.25) is 0 Å². The highest BCUT2D eigenvalue weighted by Gasteiger charge is 2.24. The second-order valence-electron chi connectivity index (χ2n) is 6.59. The van der Waals surface area contributed by atoms with E-state index in [9.17, 15) is 4.79 Å². The van der Waals surface area contributed by atoms with Crippen LogP contribution in [0.1, 0.15) is 21.7 Å². The molecule has 15 nitrogen and oxygen atoms in total. The van der Waals surface area contributed by atoms with E-state index in [1.54, 1.807) is 36.1 Å². The van der Waals surface area contributed by atoms with Crippen molar-refractivity contribution in [2.24, 2.45) is 12.1 Å². The van der Waals surface area contributed by atoms with Crippen LogP contribution in [0.5, 0.6) is 11.5 Å². The number of carbonyl (C=O) groups is 1. The Hall–Kier alpha value is -4.47. The molecule has 168 valence electrons. The normalized spacial score (nSPS) is 12.5. The number of benzene rings is 1. The number of hydrazone groups is 1. The van der Waals surface area contributed by atoms with Crippen molar-refractivity contribution in [3.05, 3.63) is 41.5 Å². The number of ether oxygens (including phenoxy) is 2. The van der Waals surface area contributed by atoms with Crippen LogP contribution in [-0.2, 0) is 12.8 Å². The van der Waals surface area contributed by atoms with Crippen molar-refractivity contribution in [1.82, 2.24) is 45.5 Å². The van der Waals surface area contributed by atoms with Gasteiger partial charge in [0.05, 0.1) is 11.9 Å². The van der Waals surface area contributed by atoms with Gasteiger partial charge < -0.3 is 19.8 Å². The second kappa shape index (κ2) is 8.58. The number of aromatic nitrogens is 8. The molecule has 0 bridgehead atoms. The quantitative estimate of drug-likeness (QED) is 0.212. The Labute approximate surface area is 188 Å². The lowest BCUT2D eigenvalue weighted by Gasteiger charge is -2.05. The Bertz CT molecular complexity index is 1340. The molecule has 0 saturated heterocycles. The van der Waals surface area contributed by atoms with Gasteiger partial charge in [-0.2, -0.15) is 9.78 Å². The van der Waals surface area contributed by atoms with Gasteiger partial charge in [0.2, 0.25) is 18.4 Å². The molecule has 1 amide bonds. The Morgan fingerprint density at radius 3 is 2.97 bits per heavy atom. The van der Waals surface area contributed by atoms with Gasteiger partial charge in [0.15, 0.2) is 22.3 Å². The van der Waals surface area contributed by atoms with Gasteiger partial charge >= 0.3 is 0 Å². The molecule has 4 aromatic rings. The number of nitrogens with one attached hydrogen (secondary N) is 1. The van der Waals surface area contributed by atoms with Gasteiger partial charge in [-0.25, -0.2) is 10.1 Å². The number of hydrogen-bond acceptors (Lipinski definition) is 13. The number of aryl methyl sites for hydroxylation is 1. The zero-order chi connectivity index (χ0) is 22.8. The average Bonchev–Trinajstić information content (AvgIpc) is 3.59. The van der Waals surface area contributed by atoms with Crippen LogP contribution in [-0.4, -0.2) is 59.0 Å². The molecule has 0 radical (unpaired) electrons. The molecule has 0 fully saturated rings. The van der Waals surface area contributed by atoms with Crippen molar-refractivity contribution >= 4 is 29.7 Å². The summed E-state index contributed by atoms with van der Waals surface area (Å²) in [5.41, 5.74) is 9.36. The summed E-state index contributed by atoms with van der Waals surface area (Å²) in [6, 6.07) is 5.29. The molecule has 3 aromatic heterocycles. The van der Waals surface area contributed by atoms with Crippen molar-refractivity contribution in [3.63, 3.8) is 0 Å². The van der Waals surface area contributed by atoms with E-state index in [2.05, 4.69) is 46.0 Å². The minimum atomic E-state index is -0.582. The van der Waals surface area contributed by atoms with Crippen LogP contribution < -0.4 is 20.6 Å². The molecule has 1 aliphatic rings. The first-order valence-electron chi connectivity index (χ1n) is 9.33. The number of rotatable bonds is 7. The minimum Gasteiger partial charge on any atom is -0.454 e. The third kappa shape index (κ3) is 4.05. The Morgan fingerprint density at radius 2 is 2.18 bits per heavy atom. The van der Waals surface area contributed by atoms with Crippen LogP contribution >= 0.6 is 11.8 Å². The van der Waals surface area contributed by atoms with E-state index >= 15 is 0 Å². The number of fused-ring (bicyclic) bond motifs is 1.